The number of ether oxygens (including phenoxy) is 3. The zero-order valence-electron chi connectivity index (χ0n) is 17.4. The lowest BCUT2D eigenvalue weighted by Gasteiger charge is -2.35. The lowest BCUT2D eigenvalue weighted by molar-refractivity contribution is -0.0695. The predicted molar refractivity (Wildman–Crippen MR) is 116 cm³/mol. The van der Waals surface area contributed by atoms with E-state index < -0.39 is 0 Å². The molecule has 156 valence electrons. The van der Waals surface area contributed by atoms with Gasteiger partial charge in [-0.05, 0) is 49.7 Å². The fraction of sp³-hybridized carbons (Fsp3) is 0.538. The van der Waals surface area contributed by atoms with Gasteiger partial charge in [0.2, 0.25) is 0 Å². The highest BCUT2D eigenvalue weighted by Crippen LogP contribution is 2.34. The third kappa shape index (κ3) is 5.69. The Balaban J connectivity index is 1.16. The Hall–Kier alpha value is -1.68. The fourth-order valence-corrected chi connectivity index (χ4v) is 4.59. The highest BCUT2D eigenvalue weighted by atomic mass is 16.5. The molecule has 2 aromatic rings. The molecule has 29 heavy (non-hydrogen) atoms. The van der Waals surface area contributed by atoms with Crippen LogP contribution in [0.15, 0.2) is 60.7 Å². The molecule has 0 N–H and O–H groups in total. The minimum absolute atomic E-state index is 0.395. The van der Waals surface area contributed by atoms with E-state index in [1.807, 2.05) is 0 Å². The van der Waals surface area contributed by atoms with Crippen LogP contribution < -0.4 is 0 Å². The molecule has 2 aliphatic heterocycles. The number of hydrogen-bond acceptors (Lipinski definition) is 3. The summed E-state index contributed by atoms with van der Waals surface area (Å²) in [6, 6.07) is 21.6. The summed E-state index contributed by atoms with van der Waals surface area (Å²) in [4.78, 5) is 0. The molecule has 4 rings (SSSR count). The zero-order chi connectivity index (χ0) is 19.7. The van der Waals surface area contributed by atoms with Gasteiger partial charge in [0.15, 0.2) is 0 Å². The van der Waals surface area contributed by atoms with Crippen LogP contribution in [0, 0.1) is 0 Å². The summed E-state index contributed by atoms with van der Waals surface area (Å²) in [6.45, 7) is 3.51. The smallest absolute Gasteiger partial charge is 0.0665 e. The van der Waals surface area contributed by atoms with E-state index in [9.17, 15) is 0 Å². The maximum Gasteiger partial charge on any atom is 0.0665 e. The average Bonchev–Trinajstić information content (AvgIpc) is 2.69. The van der Waals surface area contributed by atoms with Crippen LogP contribution in [-0.4, -0.2) is 38.6 Å². The molecule has 2 saturated heterocycles. The second kappa shape index (κ2) is 10.9. The van der Waals surface area contributed by atoms with Gasteiger partial charge in [-0.3, -0.25) is 0 Å². The summed E-state index contributed by atoms with van der Waals surface area (Å²) >= 11 is 0. The molecule has 4 atom stereocenters. The van der Waals surface area contributed by atoms with Crippen molar-refractivity contribution in [2.24, 2.45) is 0 Å². The third-order valence-electron chi connectivity index (χ3n) is 6.43. The second-order valence-corrected chi connectivity index (χ2v) is 8.33. The molecule has 4 unspecified atom stereocenters. The van der Waals surface area contributed by atoms with Gasteiger partial charge in [-0.2, -0.15) is 0 Å². The van der Waals surface area contributed by atoms with E-state index in [0.29, 0.717) is 24.0 Å². The van der Waals surface area contributed by atoms with Gasteiger partial charge in [-0.25, -0.2) is 0 Å². The minimum atomic E-state index is 0.395. The molecule has 2 fully saturated rings. The van der Waals surface area contributed by atoms with Crippen LogP contribution in [0.4, 0.5) is 0 Å². The summed E-state index contributed by atoms with van der Waals surface area (Å²) in [7, 11) is 0. The van der Waals surface area contributed by atoms with Gasteiger partial charge in [0.25, 0.3) is 0 Å². The maximum atomic E-state index is 5.99. The van der Waals surface area contributed by atoms with Crippen molar-refractivity contribution in [2.75, 3.05) is 26.4 Å². The molecule has 2 aliphatic rings. The Morgan fingerprint density at radius 3 is 1.45 bits per heavy atom. The van der Waals surface area contributed by atoms with Crippen molar-refractivity contribution >= 4 is 0 Å². The average molecular weight is 395 g/mol. The molecule has 0 amide bonds. The lowest BCUT2D eigenvalue weighted by atomic mass is 9.85. The molecular formula is C26H34O3. The monoisotopic (exact) mass is 394 g/mol. The topological polar surface area (TPSA) is 27.7 Å². The predicted octanol–water partition coefficient (Wildman–Crippen LogP) is 5.71. The molecule has 0 aliphatic carbocycles. The summed E-state index contributed by atoms with van der Waals surface area (Å²) in [5, 5.41) is 0. The van der Waals surface area contributed by atoms with Gasteiger partial charge in [0.05, 0.1) is 12.2 Å². The summed E-state index contributed by atoms with van der Waals surface area (Å²) in [5.74, 6) is 1.01. The molecular weight excluding hydrogens is 360 g/mol. The summed E-state index contributed by atoms with van der Waals surface area (Å²) in [6.07, 6.45) is 7.61. The van der Waals surface area contributed by atoms with E-state index in [-0.39, 0.29) is 0 Å². The van der Waals surface area contributed by atoms with Crippen LogP contribution in [0.2, 0.25) is 0 Å². The van der Waals surface area contributed by atoms with Crippen molar-refractivity contribution in [1.82, 2.24) is 0 Å². The van der Waals surface area contributed by atoms with E-state index in [4.69, 9.17) is 14.2 Å². The van der Waals surface area contributed by atoms with E-state index in [1.54, 1.807) is 0 Å². The van der Waals surface area contributed by atoms with Gasteiger partial charge >= 0.3 is 0 Å². The van der Waals surface area contributed by atoms with Crippen LogP contribution in [0.25, 0.3) is 0 Å². The van der Waals surface area contributed by atoms with E-state index >= 15 is 0 Å². The number of hydrogen-bond donors (Lipinski definition) is 0. The van der Waals surface area contributed by atoms with Gasteiger partial charge in [-0.1, -0.05) is 60.7 Å². The highest BCUT2D eigenvalue weighted by molar-refractivity contribution is 5.22. The molecule has 0 saturated carbocycles. The first-order valence-electron chi connectivity index (χ1n) is 11.3. The first-order chi connectivity index (χ1) is 14.4. The Bertz CT molecular complexity index is 633. The van der Waals surface area contributed by atoms with Crippen molar-refractivity contribution in [1.29, 1.82) is 0 Å². The maximum absolute atomic E-state index is 5.99. The van der Waals surface area contributed by atoms with Crippen LogP contribution in [-0.2, 0) is 14.2 Å². The molecule has 0 bridgehead atoms. The standard InChI is InChI=1S/C26H34O3/c1-3-9-21(10-4-1)23(25-15-19-28-25)13-7-17-27-18-8-14-24(26-16-20-29-26)22-11-5-2-6-12-22/h1-6,9-12,23-26H,7-8,13-20H2. The Kier molecular flexibility index (Phi) is 7.75. The van der Waals surface area contributed by atoms with Crippen molar-refractivity contribution in [3.8, 4) is 0 Å². The minimum Gasteiger partial charge on any atom is -0.381 e. The summed E-state index contributed by atoms with van der Waals surface area (Å²) < 4.78 is 17.6. The molecule has 2 aromatic carbocycles. The first kappa shape index (κ1) is 20.6. The van der Waals surface area contributed by atoms with Crippen LogP contribution in [0.3, 0.4) is 0 Å². The van der Waals surface area contributed by atoms with Gasteiger partial charge in [-0.15, -0.1) is 0 Å². The van der Waals surface area contributed by atoms with Crippen LogP contribution in [0.1, 0.15) is 61.5 Å². The van der Waals surface area contributed by atoms with Crippen molar-refractivity contribution < 1.29 is 14.2 Å². The molecule has 0 spiro atoms. The molecule has 3 nitrogen and oxygen atoms in total. The van der Waals surface area contributed by atoms with Crippen molar-refractivity contribution in [3.63, 3.8) is 0 Å². The summed E-state index contributed by atoms with van der Waals surface area (Å²) in [5.41, 5.74) is 2.81. The number of rotatable bonds is 12. The van der Waals surface area contributed by atoms with Crippen molar-refractivity contribution in [2.45, 2.75) is 62.6 Å². The fourth-order valence-electron chi connectivity index (χ4n) is 4.59. The number of benzene rings is 2. The van der Waals surface area contributed by atoms with Gasteiger partial charge in [0.1, 0.15) is 0 Å². The molecule has 0 radical (unpaired) electrons. The van der Waals surface area contributed by atoms with Gasteiger partial charge in [0, 0.05) is 38.3 Å². The van der Waals surface area contributed by atoms with E-state index in [0.717, 1.165) is 52.1 Å². The second-order valence-electron chi connectivity index (χ2n) is 8.33. The van der Waals surface area contributed by atoms with Crippen molar-refractivity contribution in [3.05, 3.63) is 71.8 Å². The first-order valence-corrected chi connectivity index (χ1v) is 11.3. The highest BCUT2D eigenvalue weighted by Gasteiger charge is 2.30. The quantitative estimate of drug-likeness (QED) is 0.432. The third-order valence-corrected chi connectivity index (χ3v) is 6.43. The van der Waals surface area contributed by atoms with Crippen LogP contribution >= 0.6 is 0 Å². The molecule has 3 heteroatoms. The van der Waals surface area contributed by atoms with E-state index in [2.05, 4.69) is 60.7 Å². The Labute approximate surface area is 175 Å². The largest absolute Gasteiger partial charge is 0.381 e. The normalized spacial score (nSPS) is 23.0. The lowest BCUT2D eigenvalue weighted by Crippen LogP contribution is -2.33. The molecule has 2 heterocycles. The van der Waals surface area contributed by atoms with E-state index in [1.165, 1.54) is 24.0 Å². The Morgan fingerprint density at radius 2 is 1.10 bits per heavy atom. The SMILES string of the molecule is c1ccc(C(CCCOCCCC(c2ccccc2)C2CCO2)C2CCO2)cc1. The molecule has 0 aromatic heterocycles. The Morgan fingerprint density at radius 1 is 0.690 bits per heavy atom. The van der Waals surface area contributed by atoms with Crippen LogP contribution in [0.5, 0.6) is 0 Å². The van der Waals surface area contributed by atoms with Gasteiger partial charge < -0.3 is 14.2 Å². The zero-order valence-corrected chi connectivity index (χ0v) is 17.4.